The van der Waals surface area contributed by atoms with E-state index in [-0.39, 0.29) is 17.8 Å². The second kappa shape index (κ2) is 4.89. The summed E-state index contributed by atoms with van der Waals surface area (Å²) < 4.78 is 26.7. The fraction of sp³-hybridized carbons (Fsp3) is 0.0625. The maximum absolute atomic E-state index is 13.6. The number of ketones is 1. The number of hydrogen-bond acceptors (Lipinski definition) is 1. The van der Waals surface area contributed by atoms with Gasteiger partial charge in [-0.25, -0.2) is 8.78 Å². The number of fused-ring (bicyclic) bond motifs is 1. The first-order valence-corrected chi connectivity index (χ1v) is 6.19. The van der Waals surface area contributed by atoms with E-state index in [1.807, 2.05) is 24.3 Å². The minimum absolute atomic E-state index is 0.0697. The molecule has 0 fully saturated rings. The Hall–Kier alpha value is -2.49. The number of Topliss-reactive ketones (excluding diaryl/α,β-unsaturated/α-hetero) is 1. The fourth-order valence-electron chi connectivity index (χ4n) is 2.26. The predicted molar refractivity (Wildman–Crippen MR) is 72.7 cm³/mol. The van der Waals surface area contributed by atoms with Gasteiger partial charge in [-0.05, 0) is 17.7 Å². The Labute approximate surface area is 114 Å². The molecule has 0 aliphatic carbocycles. The smallest absolute Gasteiger partial charge is 0.169 e. The van der Waals surface area contributed by atoms with Gasteiger partial charge in [-0.15, -0.1) is 0 Å². The van der Waals surface area contributed by atoms with E-state index in [4.69, 9.17) is 0 Å². The lowest BCUT2D eigenvalue weighted by Crippen LogP contribution is -2.05. The highest BCUT2D eigenvalue weighted by Gasteiger charge is 2.15. The van der Waals surface area contributed by atoms with Crippen LogP contribution in [-0.2, 0) is 6.42 Å². The molecule has 3 aromatic rings. The third-order valence-electron chi connectivity index (χ3n) is 3.27. The van der Waals surface area contributed by atoms with Crippen LogP contribution in [0.5, 0.6) is 0 Å². The summed E-state index contributed by atoms with van der Waals surface area (Å²) in [6.45, 7) is 0. The van der Waals surface area contributed by atoms with Crippen LogP contribution in [0.4, 0.5) is 8.78 Å². The highest BCUT2D eigenvalue weighted by Crippen LogP contribution is 2.20. The van der Waals surface area contributed by atoms with Crippen LogP contribution in [0.3, 0.4) is 0 Å². The van der Waals surface area contributed by atoms with Crippen molar-refractivity contribution < 1.29 is 13.6 Å². The molecule has 0 aliphatic rings. The highest BCUT2D eigenvalue weighted by atomic mass is 19.2. The van der Waals surface area contributed by atoms with Gasteiger partial charge in [-0.3, -0.25) is 4.79 Å². The molecule has 0 radical (unpaired) electrons. The van der Waals surface area contributed by atoms with Crippen molar-refractivity contribution in [2.24, 2.45) is 0 Å². The van der Waals surface area contributed by atoms with E-state index in [1.165, 1.54) is 12.1 Å². The van der Waals surface area contributed by atoms with Crippen LogP contribution in [0.2, 0.25) is 0 Å². The summed E-state index contributed by atoms with van der Waals surface area (Å²) in [6.07, 6.45) is 1.44. The standard InChI is InChI=1S/C16H11F2NO/c17-13-6-3-4-10(16(13)18)8-15(20)12-9-19-14-7-2-1-5-11(12)14/h1-7,9,19H,8H2. The number of halogens is 2. The van der Waals surface area contributed by atoms with E-state index in [1.54, 1.807) is 6.20 Å². The molecule has 4 heteroatoms. The van der Waals surface area contributed by atoms with Crippen molar-refractivity contribution >= 4 is 16.7 Å². The first kappa shape index (κ1) is 12.5. The van der Waals surface area contributed by atoms with Crippen molar-refractivity contribution in [2.75, 3.05) is 0 Å². The summed E-state index contributed by atoms with van der Waals surface area (Å²) in [5, 5.41) is 0.786. The third-order valence-corrected chi connectivity index (χ3v) is 3.27. The van der Waals surface area contributed by atoms with Crippen LogP contribution in [0.15, 0.2) is 48.7 Å². The predicted octanol–water partition coefficient (Wildman–Crippen LogP) is 3.87. The number of nitrogens with one attached hydrogen (secondary N) is 1. The molecule has 0 aliphatic heterocycles. The van der Waals surface area contributed by atoms with Crippen LogP contribution >= 0.6 is 0 Å². The zero-order chi connectivity index (χ0) is 14.1. The molecular formula is C16H11F2NO. The normalized spacial score (nSPS) is 10.9. The Kier molecular flexibility index (Phi) is 3.06. The second-order valence-corrected chi connectivity index (χ2v) is 4.56. The molecule has 0 saturated heterocycles. The fourth-order valence-corrected chi connectivity index (χ4v) is 2.26. The van der Waals surface area contributed by atoms with Crippen molar-refractivity contribution in [3.63, 3.8) is 0 Å². The lowest BCUT2D eigenvalue weighted by Gasteiger charge is -2.03. The highest BCUT2D eigenvalue weighted by molar-refractivity contribution is 6.08. The Morgan fingerprint density at radius 3 is 2.70 bits per heavy atom. The first-order chi connectivity index (χ1) is 9.66. The molecule has 100 valence electrons. The van der Waals surface area contributed by atoms with Gasteiger partial charge in [-0.2, -0.15) is 0 Å². The number of para-hydroxylation sites is 1. The quantitative estimate of drug-likeness (QED) is 0.721. The molecule has 20 heavy (non-hydrogen) atoms. The largest absolute Gasteiger partial charge is 0.360 e. The van der Waals surface area contributed by atoms with E-state index in [0.717, 1.165) is 17.0 Å². The molecule has 0 bridgehead atoms. The Morgan fingerprint density at radius 2 is 1.85 bits per heavy atom. The van der Waals surface area contributed by atoms with Gasteiger partial charge in [-0.1, -0.05) is 30.3 Å². The first-order valence-electron chi connectivity index (χ1n) is 6.19. The number of benzene rings is 2. The van der Waals surface area contributed by atoms with Gasteiger partial charge in [0.05, 0.1) is 0 Å². The van der Waals surface area contributed by atoms with Gasteiger partial charge < -0.3 is 4.98 Å². The van der Waals surface area contributed by atoms with Crippen molar-refractivity contribution in [1.29, 1.82) is 0 Å². The molecule has 3 rings (SSSR count). The molecule has 1 aromatic heterocycles. The SMILES string of the molecule is O=C(Cc1cccc(F)c1F)c1c[nH]c2ccccc12. The summed E-state index contributed by atoms with van der Waals surface area (Å²) in [7, 11) is 0. The van der Waals surface area contributed by atoms with Crippen LogP contribution in [-0.4, -0.2) is 10.8 Å². The van der Waals surface area contributed by atoms with E-state index in [2.05, 4.69) is 4.98 Å². The average Bonchev–Trinajstić information content (AvgIpc) is 2.88. The van der Waals surface area contributed by atoms with Crippen LogP contribution in [0, 0.1) is 11.6 Å². The topological polar surface area (TPSA) is 32.9 Å². The van der Waals surface area contributed by atoms with Gasteiger partial charge in [0.25, 0.3) is 0 Å². The van der Waals surface area contributed by atoms with Gasteiger partial charge in [0.2, 0.25) is 0 Å². The number of hydrogen-bond donors (Lipinski definition) is 1. The lowest BCUT2D eigenvalue weighted by atomic mass is 10.0. The molecular weight excluding hydrogens is 260 g/mol. The average molecular weight is 271 g/mol. The minimum atomic E-state index is -0.958. The van der Waals surface area contributed by atoms with Crippen molar-refractivity contribution in [3.05, 3.63) is 71.4 Å². The lowest BCUT2D eigenvalue weighted by molar-refractivity contribution is 0.0993. The number of H-pyrrole nitrogens is 1. The summed E-state index contributed by atoms with van der Waals surface area (Å²) in [4.78, 5) is 15.2. The summed E-state index contributed by atoms with van der Waals surface area (Å²) in [6, 6.07) is 11.2. The number of rotatable bonds is 3. The summed E-state index contributed by atoms with van der Waals surface area (Å²) in [5.74, 6) is -2.14. The van der Waals surface area contributed by atoms with Gasteiger partial charge >= 0.3 is 0 Å². The molecule has 2 aromatic carbocycles. The van der Waals surface area contributed by atoms with Gasteiger partial charge in [0.15, 0.2) is 17.4 Å². The number of aromatic amines is 1. The van der Waals surface area contributed by atoms with Crippen LogP contribution < -0.4 is 0 Å². The Balaban J connectivity index is 1.95. The molecule has 0 unspecified atom stereocenters. The molecule has 0 saturated carbocycles. The summed E-state index contributed by atoms with van der Waals surface area (Å²) in [5.41, 5.74) is 1.40. The summed E-state index contributed by atoms with van der Waals surface area (Å²) >= 11 is 0. The number of carbonyl (C=O) groups excluding carboxylic acids is 1. The minimum Gasteiger partial charge on any atom is -0.360 e. The van der Waals surface area contributed by atoms with Gasteiger partial charge in [0, 0.05) is 29.1 Å². The van der Waals surface area contributed by atoms with Crippen LogP contribution in [0.25, 0.3) is 10.9 Å². The maximum atomic E-state index is 13.6. The van der Waals surface area contributed by atoms with Gasteiger partial charge in [0.1, 0.15) is 0 Å². The monoisotopic (exact) mass is 271 g/mol. The van der Waals surface area contributed by atoms with E-state index in [0.29, 0.717) is 5.56 Å². The van der Waals surface area contributed by atoms with E-state index in [9.17, 15) is 13.6 Å². The van der Waals surface area contributed by atoms with Crippen LogP contribution in [0.1, 0.15) is 15.9 Å². The molecule has 0 amide bonds. The van der Waals surface area contributed by atoms with E-state index >= 15 is 0 Å². The zero-order valence-electron chi connectivity index (χ0n) is 10.5. The number of aromatic nitrogens is 1. The van der Waals surface area contributed by atoms with E-state index < -0.39 is 11.6 Å². The maximum Gasteiger partial charge on any atom is 0.169 e. The third kappa shape index (κ3) is 2.09. The zero-order valence-corrected chi connectivity index (χ0v) is 10.5. The second-order valence-electron chi connectivity index (χ2n) is 4.56. The molecule has 0 atom stereocenters. The van der Waals surface area contributed by atoms with Crippen molar-refractivity contribution in [3.8, 4) is 0 Å². The van der Waals surface area contributed by atoms with Crippen molar-refractivity contribution in [1.82, 2.24) is 4.98 Å². The molecule has 1 N–H and O–H groups in total. The molecule has 0 spiro atoms. The Morgan fingerprint density at radius 1 is 1.05 bits per heavy atom. The van der Waals surface area contributed by atoms with Crippen molar-refractivity contribution in [2.45, 2.75) is 6.42 Å². The molecule has 1 heterocycles. The number of carbonyl (C=O) groups is 1. The molecule has 2 nitrogen and oxygen atoms in total. The Bertz CT molecular complexity index is 792.